The number of benzene rings is 1. The molecular weight excluding hydrogens is 555 g/mol. The van der Waals surface area contributed by atoms with Crippen LogP contribution in [-0.4, -0.2) is 73.2 Å². The van der Waals surface area contributed by atoms with E-state index in [1.165, 1.54) is 37.5 Å². The average molecular weight is 580 g/mol. The lowest BCUT2D eigenvalue weighted by Gasteiger charge is -2.40. The number of carbonyl (C=O) groups excluding carboxylic acids is 1. The number of pyridine rings is 1. The zero-order valence-corrected chi connectivity index (χ0v) is 22.7. The van der Waals surface area contributed by atoms with Crippen molar-refractivity contribution in [2.45, 2.75) is 18.4 Å². The number of ketones is 1. The minimum atomic E-state index is -2.84. The highest BCUT2D eigenvalue weighted by Crippen LogP contribution is 2.46. The topological polar surface area (TPSA) is 98.7 Å². The number of fused-ring (bicyclic) bond motifs is 1. The number of anilines is 2. The Labute approximate surface area is 233 Å². The molecule has 13 heteroatoms. The number of nitrogens with zero attached hydrogens (tertiary/aromatic N) is 4. The summed E-state index contributed by atoms with van der Waals surface area (Å²) in [4.78, 5) is 27.1. The minimum absolute atomic E-state index is 0.0625. The fourth-order valence-electron chi connectivity index (χ4n) is 4.68. The molecule has 0 saturated carbocycles. The summed E-state index contributed by atoms with van der Waals surface area (Å²) in [6, 6.07) is 3.07. The Morgan fingerprint density at radius 2 is 1.90 bits per heavy atom. The number of aromatic nitrogens is 3. The van der Waals surface area contributed by atoms with Gasteiger partial charge in [-0.3, -0.25) is 4.79 Å². The van der Waals surface area contributed by atoms with Crippen LogP contribution in [0.5, 0.6) is 11.5 Å². The largest absolute Gasteiger partial charge is 0.495 e. The van der Waals surface area contributed by atoms with Crippen molar-refractivity contribution in [1.29, 1.82) is 0 Å². The number of ether oxygens (including phenoxy) is 3. The predicted octanol–water partition coefficient (Wildman–Crippen LogP) is 5.04. The van der Waals surface area contributed by atoms with Gasteiger partial charge < -0.3 is 24.4 Å². The number of methoxy groups -OCH3 is 2. The normalized spacial score (nSPS) is 20.0. The molecule has 5 rings (SSSR count). The maximum absolute atomic E-state index is 13.9. The number of nitrogens with one attached hydrogen (secondary N) is 1. The van der Waals surface area contributed by atoms with Crippen LogP contribution in [0.4, 0.5) is 20.4 Å². The monoisotopic (exact) mass is 579 g/mol. The van der Waals surface area contributed by atoms with Crippen molar-refractivity contribution >= 4 is 51.5 Å². The number of alkyl halides is 2. The molecular formula is C26H25Cl2F2N5O4. The highest BCUT2D eigenvalue weighted by atomic mass is 35.5. The Morgan fingerprint density at radius 3 is 2.51 bits per heavy atom. The van der Waals surface area contributed by atoms with Gasteiger partial charge in [-0.2, -0.15) is 0 Å². The van der Waals surface area contributed by atoms with Gasteiger partial charge in [0.2, 0.25) is 0 Å². The van der Waals surface area contributed by atoms with Crippen LogP contribution in [0.1, 0.15) is 6.42 Å². The summed E-state index contributed by atoms with van der Waals surface area (Å²) in [7, 11) is 2.89. The third-order valence-electron chi connectivity index (χ3n) is 6.73. The second-order valence-electron chi connectivity index (χ2n) is 9.38. The molecule has 2 aromatic heterocycles. The van der Waals surface area contributed by atoms with Gasteiger partial charge in [0, 0.05) is 23.8 Å². The molecule has 0 bridgehead atoms. The number of hydrogen-bond donors (Lipinski definition) is 1. The first kappa shape index (κ1) is 27.3. The number of hydrogen-bond acceptors (Lipinski definition) is 9. The van der Waals surface area contributed by atoms with Crippen LogP contribution >= 0.6 is 23.2 Å². The van der Waals surface area contributed by atoms with Crippen LogP contribution in [0.25, 0.3) is 22.3 Å². The van der Waals surface area contributed by atoms with Gasteiger partial charge in [0.1, 0.15) is 23.1 Å². The molecule has 0 radical (unpaired) electrons. The third kappa shape index (κ3) is 5.30. The van der Waals surface area contributed by atoms with Gasteiger partial charge in [-0.05, 0) is 12.1 Å². The van der Waals surface area contributed by atoms with E-state index in [0.717, 1.165) is 0 Å². The molecule has 0 aliphatic carbocycles. The third-order valence-corrected chi connectivity index (χ3v) is 7.48. The highest BCUT2D eigenvalue weighted by molar-refractivity contribution is 6.41. The molecule has 206 valence electrons. The van der Waals surface area contributed by atoms with Gasteiger partial charge in [-0.15, -0.1) is 0 Å². The van der Waals surface area contributed by atoms with Crippen molar-refractivity contribution in [3.8, 4) is 22.9 Å². The minimum Gasteiger partial charge on any atom is -0.495 e. The first-order chi connectivity index (χ1) is 18.6. The lowest BCUT2D eigenvalue weighted by Crippen LogP contribution is -2.56. The van der Waals surface area contributed by atoms with Crippen molar-refractivity contribution in [2.75, 3.05) is 50.7 Å². The van der Waals surface area contributed by atoms with Crippen molar-refractivity contribution in [3.63, 3.8) is 0 Å². The summed E-state index contributed by atoms with van der Waals surface area (Å²) in [6.45, 7) is 3.34. The van der Waals surface area contributed by atoms with Crippen LogP contribution in [-0.2, 0) is 9.53 Å². The van der Waals surface area contributed by atoms with Crippen LogP contribution in [0.2, 0.25) is 10.0 Å². The first-order valence-electron chi connectivity index (χ1n) is 12.0. The number of carbonyl (C=O) groups is 1. The first-order valence-corrected chi connectivity index (χ1v) is 12.8. The highest BCUT2D eigenvalue weighted by Gasteiger charge is 2.45. The smallest absolute Gasteiger partial charge is 0.282 e. The molecule has 2 aliphatic rings. The van der Waals surface area contributed by atoms with Crippen molar-refractivity contribution < 1.29 is 27.8 Å². The molecule has 9 nitrogen and oxygen atoms in total. The van der Waals surface area contributed by atoms with Crippen molar-refractivity contribution in [1.82, 2.24) is 15.0 Å². The number of halogens is 4. The van der Waals surface area contributed by atoms with Gasteiger partial charge in [0.25, 0.3) is 5.92 Å². The van der Waals surface area contributed by atoms with E-state index in [-0.39, 0.29) is 56.5 Å². The fraction of sp³-hybridized carbons (Fsp3) is 0.385. The molecule has 1 N–H and O–H groups in total. The Hall–Kier alpha value is -3.28. The van der Waals surface area contributed by atoms with E-state index in [1.54, 1.807) is 6.07 Å². The molecule has 0 amide bonds. The molecule has 2 atom stereocenters. The molecule has 1 aromatic carbocycles. The standard InChI is InChI=1S/C26H25Cl2F2N5O4/c1-4-14(36)5-13-9-39-10-17(13)32-20-6-15-16(8-31-20)33-24(34-25(15)35-11-26(29,30)12-35)21-22(27)18(37-2)7-19(38-3)23(21)28/h4,6-8,13,17H,1,5,9-12H2,2-3H3,(H,31,32)/t13-,17+/m0/s1. The van der Waals surface area contributed by atoms with Gasteiger partial charge in [-0.25, -0.2) is 23.7 Å². The Bertz CT molecular complexity index is 1420. The molecule has 3 aromatic rings. The Kier molecular flexibility index (Phi) is 7.49. The van der Waals surface area contributed by atoms with Gasteiger partial charge in [0.05, 0.1) is 73.9 Å². The van der Waals surface area contributed by atoms with Gasteiger partial charge in [-0.1, -0.05) is 29.8 Å². The van der Waals surface area contributed by atoms with E-state index in [9.17, 15) is 13.6 Å². The Morgan fingerprint density at radius 1 is 1.21 bits per heavy atom. The average Bonchev–Trinajstić information content (AvgIpc) is 3.33. The SMILES string of the molecule is C=CC(=O)C[C@H]1COC[C@H]1Nc1cc2c(N3CC(F)(F)C3)nc(-c3c(Cl)c(OC)cc(OC)c3Cl)nc2cn1. The van der Waals surface area contributed by atoms with Crippen molar-refractivity contribution in [2.24, 2.45) is 5.92 Å². The number of rotatable bonds is 9. The van der Waals surface area contributed by atoms with Crippen molar-refractivity contribution in [3.05, 3.63) is 41.0 Å². The summed E-state index contributed by atoms with van der Waals surface area (Å²) in [5.74, 6) is -1.55. The second-order valence-corrected chi connectivity index (χ2v) is 10.1. The molecule has 2 aliphatic heterocycles. The van der Waals surface area contributed by atoms with Crippen LogP contribution in [0, 0.1) is 5.92 Å². The predicted molar refractivity (Wildman–Crippen MR) is 145 cm³/mol. The van der Waals surface area contributed by atoms with E-state index in [0.29, 0.717) is 36.4 Å². The van der Waals surface area contributed by atoms with E-state index >= 15 is 0 Å². The molecule has 2 fully saturated rings. The maximum atomic E-state index is 13.9. The summed E-state index contributed by atoms with van der Waals surface area (Å²) < 4.78 is 44.1. The van der Waals surface area contributed by atoms with Gasteiger partial charge in [0.15, 0.2) is 11.6 Å². The Balaban J connectivity index is 1.58. The summed E-state index contributed by atoms with van der Waals surface area (Å²) in [5.41, 5.74) is 0.635. The summed E-state index contributed by atoms with van der Waals surface area (Å²) >= 11 is 13.2. The van der Waals surface area contributed by atoms with E-state index in [2.05, 4.69) is 26.8 Å². The molecule has 4 heterocycles. The maximum Gasteiger partial charge on any atom is 0.282 e. The van der Waals surface area contributed by atoms with Gasteiger partial charge >= 0.3 is 0 Å². The van der Waals surface area contributed by atoms with Crippen LogP contribution < -0.4 is 19.7 Å². The quantitative estimate of drug-likeness (QED) is 0.349. The summed E-state index contributed by atoms with van der Waals surface area (Å²) in [6.07, 6.45) is 3.11. The van der Waals surface area contributed by atoms with E-state index in [4.69, 9.17) is 37.4 Å². The molecule has 2 saturated heterocycles. The van der Waals surface area contributed by atoms with Crippen LogP contribution in [0.15, 0.2) is 31.0 Å². The lowest BCUT2D eigenvalue weighted by atomic mass is 9.97. The molecule has 0 spiro atoms. The molecule has 0 unspecified atom stereocenters. The second kappa shape index (κ2) is 10.7. The number of allylic oxidation sites excluding steroid dienone is 1. The van der Waals surface area contributed by atoms with E-state index in [1.807, 2.05) is 0 Å². The zero-order valence-electron chi connectivity index (χ0n) is 21.1. The summed E-state index contributed by atoms with van der Waals surface area (Å²) in [5, 5.41) is 4.11. The van der Waals surface area contributed by atoms with Crippen LogP contribution in [0.3, 0.4) is 0 Å². The molecule has 39 heavy (non-hydrogen) atoms. The fourth-order valence-corrected chi connectivity index (χ4v) is 5.35. The lowest BCUT2D eigenvalue weighted by molar-refractivity contribution is -0.115. The van der Waals surface area contributed by atoms with E-state index < -0.39 is 19.0 Å². The zero-order chi connectivity index (χ0) is 27.9.